The maximum Gasteiger partial charge on any atom is 0.264 e. The van der Waals surface area contributed by atoms with Crippen molar-refractivity contribution in [2.75, 3.05) is 10.6 Å². The molecule has 0 atom stereocenters. The number of unbranched alkanes of at least 4 members (excludes halogenated alkanes) is 1. The van der Waals surface area contributed by atoms with Crippen LogP contribution in [0.15, 0.2) is 91.9 Å². The van der Waals surface area contributed by atoms with E-state index in [1.807, 2.05) is 19.1 Å². The Hall–Kier alpha value is -4.99. The van der Waals surface area contributed by atoms with Crippen LogP contribution in [0, 0.1) is 6.92 Å². The summed E-state index contributed by atoms with van der Waals surface area (Å²) < 4.78 is 28.6. The lowest BCUT2D eigenvalue weighted by Crippen LogP contribution is -2.13. The number of amides is 1. The van der Waals surface area contributed by atoms with Crippen LogP contribution in [0.3, 0.4) is 0 Å². The molecule has 0 aliphatic heterocycles. The third kappa shape index (κ3) is 7.78. The lowest BCUT2D eigenvalue weighted by atomic mass is 10.1. The van der Waals surface area contributed by atoms with Crippen molar-refractivity contribution < 1.29 is 13.6 Å². The van der Waals surface area contributed by atoms with Crippen molar-refractivity contribution in [1.29, 1.82) is 0 Å². The van der Waals surface area contributed by atoms with Crippen LogP contribution in [0.1, 0.15) is 54.6 Å². The summed E-state index contributed by atoms with van der Waals surface area (Å²) in [6.07, 6.45) is 9.66. The molecule has 0 aliphatic carbocycles. The van der Waals surface area contributed by atoms with Crippen molar-refractivity contribution in [3.63, 3.8) is 0 Å². The third-order valence-corrected chi connectivity index (χ3v) is 6.11. The molecule has 0 spiro atoms. The van der Waals surface area contributed by atoms with E-state index in [0.717, 1.165) is 11.1 Å². The number of alkyl halides is 2. The Morgan fingerprint density at radius 3 is 2.49 bits per heavy atom. The third-order valence-electron chi connectivity index (χ3n) is 6.11. The Labute approximate surface area is 237 Å². The minimum absolute atomic E-state index is 0.210. The number of nitrogens with one attached hydrogen (secondary N) is 2. The van der Waals surface area contributed by atoms with Gasteiger partial charge in [-0.15, -0.1) is 0 Å². The summed E-state index contributed by atoms with van der Waals surface area (Å²) in [6, 6.07) is 14.8. The molecule has 0 saturated heterocycles. The summed E-state index contributed by atoms with van der Waals surface area (Å²) in [5.74, 6) is -0.0901. The number of carbonyl (C=O) groups excluding carboxylic acids is 1. The summed E-state index contributed by atoms with van der Waals surface area (Å²) in [7, 11) is 0. The molecule has 0 bridgehead atoms. The van der Waals surface area contributed by atoms with Crippen LogP contribution < -0.4 is 10.6 Å². The maximum atomic E-state index is 13.5. The summed E-state index contributed by atoms with van der Waals surface area (Å²) in [5, 5.41) is 5.89. The van der Waals surface area contributed by atoms with E-state index in [-0.39, 0.29) is 11.3 Å². The number of rotatable bonds is 8. The first-order valence-electron chi connectivity index (χ1n) is 13.2. The van der Waals surface area contributed by atoms with E-state index in [9.17, 15) is 13.6 Å². The summed E-state index contributed by atoms with van der Waals surface area (Å²) in [5.41, 5.74) is 3.88. The zero-order valence-electron chi connectivity index (χ0n) is 23.1. The van der Waals surface area contributed by atoms with E-state index in [1.165, 1.54) is 31.3 Å². The normalized spacial score (nSPS) is 10.6. The number of hydrogen-bond donors (Lipinski definition) is 2. The molecule has 41 heavy (non-hydrogen) atoms. The number of carbonyl (C=O) groups is 1. The van der Waals surface area contributed by atoms with Crippen LogP contribution in [0.2, 0.25) is 0 Å². The van der Waals surface area contributed by atoms with Gasteiger partial charge in [-0.25, -0.2) is 23.7 Å². The number of pyridine rings is 1. The van der Waals surface area contributed by atoms with Crippen molar-refractivity contribution in [2.45, 2.75) is 40.0 Å². The second-order valence-electron chi connectivity index (χ2n) is 9.20. The highest BCUT2D eigenvalue weighted by Gasteiger charge is 2.15. The SMILES string of the molecule is CCCC.Cc1ccc(C(=O)Nc2cc(C(F)F)cc(-n3ccnc3)c2)cc1Nc1nccc(-c2cccnc2)n1. The molecule has 3 aromatic heterocycles. The number of nitrogens with zero attached hydrogens (tertiary/aromatic N) is 5. The van der Waals surface area contributed by atoms with Gasteiger partial charge in [0.05, 0.1) is 12.0 Å². The van der Waals surface area contributed by atoms with Crippen LogP contribution >= 0.6 is 0 Å². The van der Waals surface area contributed by atoms with Gasteiger partial charge in [0.15, 0.2) is 0 Å². The topological polar surface area (TPSA) is 97.6 Å². The van der Waals surface area contributed by atoms with Gasteiger partial charge in [-0.2, -0.15) is 0 Å². The van der Waals surface area contributed by atoms with E-state index < -0.39 is 12.3 Å². The molecule has 0 unspecified atom stereocenters. The highest BCUT2D eigenvalue weighted by molar-refractivity contribution is 6.05. The molecule has 5 aromatic rings. The van der Waals surface area contributed by atoms with Gasteiger partial charge < -0.3 is 15.2 Å². The fourth-order valence-electron chi connectivity index (χ4n) is 3.71. The molecule has 3 heterocycles. The minimum atomic E-state index is -2.70. The van der Waals surface area contributed by atoms with E-state index in [4.69, 9.17) is 0 Å². The number of anilines is 3. The first kappa shape index (κ1) is 29.0. The lowest BCUT2D eigenvalue weighted by Gasteiger charge is -2.13. The molecule has 1 amide bonds. The van der Waals surface area contributed by atoms with Gasteiger partial charge >= 0.3 is 0 Å². The van der Waals surface area contributed by atoms with E-state index in [2.05, 4.69) is 44.4 Å². The maximum absolute atomic E-state index is 13.5. The standard InChI is InChI=1S/C27H21F2N7O.C4H10/c1-17-4-5-18(13-24(17)35-27-32-8-6-23(34-27)19-3-2-7-30-15-19)26(37)33-21-11-20(25(28)29)12-22(14-21)36-10-9-31-16-36;1-3-4-2/h2-16,25H,1H3,(H,33,37)(H,32,34,35);3-4H2,1-2H3. The zero-order valence-corrected chi connectivity index (χ0v) is 23.1. The number of aromatic nitrogens is 5. The van der Waals surface area contributed by atoms with Gasteiger partial charge in [-0.3, -0.25) is 9.78 Å². The van der Waals surface area contributed by atoms with Gasteiger partial charge in [0.1, 0.15) is 0 Å². The van der Waals surface area contributed by atoms with Gasteiger partial charge in [-0.05, 0) is 61.0 Å². The molecule has 0 radical (unpaired) electrons. The number of halogens is 2. The molecule has 10 heteroatoms. The molecular weight excluding hydrogens is 524 g/mol. The fourth-order valence-corrected chi connectivity index (χ4v) is 3.71. The first-order chi connectivity index (χ1) is 19.9. The molecule has 2 N–H and O–H groups in total. The highest BCUT2D eigenvalue weighted by Crippen LogP contribution is 2.27. The molecule has 2 aromatic carbocycles. The van der Waals surface area contributed by atoms with E-state index in [1.54, 1.807) is 65.9 Å². The Balaban J connectivity index is 0.000000909. The number of hydrogen-bond acceptors (Lipinski definition) is 6. The Morgan fingerprint density at radius 1 is 0.976 bits per heavy atom. The smallest absolute Gasteiger partial charge is 0.264 e. The number of imidazole rings is 1. The monoisotopic (exact) mass is 555 g/mol. The Morgan fingerprint density at radius 2 is 1.80 bits per heavy atom. The molecule has 0 aliphatic rings. The zero-order chi connectivity index (χ0) is 29.2. The summed E-state index contributed by atoms with van der Waals surface area (Å²) >= 11 is 0. The van der Waals surface area contributed by atoms with E-state index >= 15 is 0 Å². The lowest BCUT2D eigenvalue weighted by molar-refractivity contribution is 0.102. The largest absolute Gasteiger partial charge is 0.324 e. The molecule has 5 rings (SSSR count). The van der Waals surface area contributed by atoms with Crippen molar-refractivity contribution in [1.82, 2.24) is 24.5 Å². The highest BCUT2D eigenvalue weighted by atomic mass is 19.3. The molecule has 8 nitrogen and oxygen atoms in total. The second-order valence-corrected chi connectivity index (χ2v) is 9.20. The van der Waals surface area contributed by atoms with Crippen molar-refractivity contribution in [3.05, 3.63) is 109 Å². The molecule has 210 valence electrons. The summed E-state index contributed by atoms with van der Waals surface area (Å²) in [6.45, 7) is 6.25. The predicted octanol–water partition coefficient (Wildman–Crippen LogP) is 7.77. The Bertz CT molecular complexity index is 1570. The van der Waals surface area contributed by atoms with Crippen LogP contribution in [0.5, 0.6) is 0 Å². The fraction of sp³-hybridized carbons (Fsp3) is 0.194. The van der Waals surface area contributed by atoms with Crippen molar-refractivity contribution >= 4 is 23.2 Å². The van der Waals surface area contributed by atoms with Gasteiger partial charge in [-0.1, -0.05) is 32.8 Å². The van der Waals surface area contributed by atoms with Gasteiger partial charge in [0.2, 0.25) is 5.95 Å². The number of benzene rings is 2. The first-order valence-corrected chi connectivity index (χ1v) is 13.2. The van der Waals surface area contributed by atoms with Crippen LogP contribution in [0.25, 0.3) is 16.9 Å². The quantitative estimate of drug-likeness (QED) is 0.203. The van der Waals surface area contributed by atoms with Crippen LogP contribution in [0.4, 0.5) is 26.1 Å². The molecule has 0 saturated carbocycles. The summed E-state index contributed by atoms with van der Waals surface area (Å²) in [4.78, 5) is 30.0. The van der Waals surface area contributed by atoms with Crippen molar-refractivity contribution in [2.24, 2.45) is 0 Å². The second kappa shape index (κ2) is 13.9. The predicted molar refractivity (Wildman–Crippen MR) is 157 cm³/mol. The van der Waals surface area contributed by atoms with Crippen LogP contribution in [-0.4, -0.2) is 30.4 Å². The molecular formula is C31H31F2N7O. The van der Waals surface area contributed by atoms with Gasteiger partial charge in [0, 0.05) is 64.7 Å². The van der Waals surface area contributed by atoms with Crippen molar-refractivity contribution in [3.8, 4) is 16.9 Å². The minimum Gasteiger partial charge on any atom is -0.324 e. The number of aryl methyl sites for hydroxylation is 1. The molecule has 0 fully saturated rings. The van der Waals surface area contributed by atoms with Gasteiger partial charge in [0.25, 0.3) is 12.3 Å². The Kier molecular flexibility index (Phi) is 9.82. The average molecular weight is 556 g/mol. The average Bonchev–Trinajstić information content (AvgIpc) is 3.54. The van der Waals surface area contributed by atoms with Crippen LogP contribution in [-0.2, 0) is 0 Å². The van der Waals surface area contributed by atoms with E-state index in [0.29, 0.717) is 28.6 Å².